The van der Waals surface area contributed by atoms with Crippen LogP contribution in [0, 0.1) is 5.82 Å². The molecule has 3 rings (SSSR count). The molecule has 1 aliphatic carbocycles. The monoisotopic (exact) mass is 383 g/mol. The molecule has 0 bridgehead atoms. The van der Waals surface area contributed by atoms with E-state index in [4.69, 9.17) is 0 Å². The number of imidazole rings is 1. The molecule has 1 heterocycles. The van der Waals surface area contributed by atoms with E-state index in [0.717, 1.165) is 36.9 Å². The molecule has 148 valence electrons. The number of nitrogens with one attached hydrogen (secondary N) is 2. The van der Waals surface area contributed by atoms with Crippen LogP contribution in [0.15, 0.2) is 30.5 Å². The second kappa shape index (κ2) is 8.87. The summed E-state index contributed by atoms with van der Waals surface area (Å²) in [6, 6.07) is 6.12. The Morgan fingerprint density at radius 2 is 1.81 bits per heavy atom. The molecule has 1 aliphatic rings. The predicted octanol–water partition coefficient (Wildman–Crippen LogP) is 5.91. The lowest BCUT2D eigenvalue weighted by molar-refractivity contribution is -0.135. The molecular weight excluding hydrogens is 358 g/mol. The SMILES string of the molecule is Fc1ccc(-c2cnc(C(CCCC(F)(F)F)NC3CCCCC3)[nH]2)cc1. The topological polar surface area (TPSA) is 40.7 Å². The quantitative estimate of drug-likeness (QED) is 0.584. The number of nitrogens with zero attached hydrogens (tertiary/aromatic N) is 1. The van der Waals surface area contributed by atoms with Gasteiger partial charge >= 0.3 is 6.18 Å². The van der Waals surface area contributed by atoms with Crippen molar-refractivity contribution in [1.82, 2.24) is 15.3 Å². The number of rotatable bonds is 7. The van der Waals surface area contributed by atoms with Crippen molar-refractivity contribution in [2.45, 2.75) is 69.6 Å². The van der Waals surface area contributed by atoms with Gasteiger partial charge in [0.25, 0.3) is 0 Å². The molecule has 1 aromatic carbocycles. The van der Waals surface area contributed by atoms with Crippen LogP contribution in [-0.2, 0) is 0 Å². The predicted molar refractivity (Wildman–Crippen MR) is 96.6 cm³/mol. The molecule has 1 fully saturated rings. The molecule has 2 N–H and O–H groups in total. The zero-order valence-electron chi connectivity index (χ0n) is 15.2. The fraction of sp³-hybridized carbons (Fsp3) is 0.550. The van der Waals surface area contributed by atoms with Gasteiger partial charge in [-0.15, -0.1) is 0 Å². The number of H-pyrrole nitrogens is 1. The molecule has 2 aromatic rings. The Hall–Kier alpha value is -1.89. The summed E-state index contributed by atoms with van der Waals surface area (Å²) in [5.74, 6) is 0.324. The Morgan fingerprint density at radius 1 is 1.11 bits per heavy atom. The third-order valence-electron chi connectivity index (χ3n) is 5.08. The first kappa shape index (κ1) is 19.9. The van der Waals surface area contributed by atoms with Gasteiger partial charge in [-0.1, -0.05) is 19.3 Å². The molecular formula is C20H25F4N3. The van der Waals surface area contributed by atoms with Crippen molar-refractivity contribution in [2.24, 2.45) is 0 Å². The van der Waals surface area contributed by atoms with Gasteiger partial charge in [-0.25, -0.2) is 9.37 Å². The van der Waals surface area contributed by atoms with Gasteiger partial charge in [-0.3, -0.25) is 0 Å². The standard InChI is InChI=1S/C20H25F4N3/c21-15-10-8-14(9-11-15)18-13-25-19(27-18)17(7-4-12-20(22,23)24)26-16-5-2-1-3-6-16/h8-11,13,16-17,26H,1-7,12H2,(H,25,27). The molecule has 0 amide bonds. The first-order chi connectivity index (χ1) is 12.9. The fourth-order valence-corrected chi connectivity index (χ4v) is 3.65. The van der Waals surface area contributed by atoms with Crippen molar-refractivity contribution in [3.63, 3.8) is 0 Å². The van der Waals surface area contributed by atoms with Gasteiger partial charge in [0, 0.05) is 12.5 Å². The summed E-state index contributed by atoms with van der Waals surface area (Å²) < 4.78 is 50.8. The molecule has 7 heteroatoms. The van der Waals surface area contributed by atoms with Crippen LogP contribution in [0.2, 0.25) is 0 Å². The molecule has 1 unspecified atom stereocenters. The van der Waals surface area contributed by atoms with E-state index in [1.54, 1.807) is 18.3 Å². The van der Waals surface area contributed by atoms with Gasteiger partial charge < -0.3 is 10.3 Å². The zero-order valence-corrected chi connectivity index (χ0v) is 15.2. The maximum Gasteiger partial charge on any atom is 0.389 e. The summed E-state index contributed by atoms with van der Waals surface area (Å²) in [6.07, 6.45) is 2.74. The van der Waals surface area contributed by atoms with Crippen LogP contribution in [-0.4, -0.2) is 22.2 Å². The van der Waals surface area contributed by atoms with E-state index in [0.29, 0.717) is 18.3 Å². The number of hydrogen-bond acceptors (Lipinski definition) is 2. The van der Waals surface area contributed by atoms with Crippen LogP contribution in [0.25, 0.3) is 11.3 Å². The van der Waals surface area contributed by atoms with Crippen molar-refractivity contribution < 1.29 is 17.6 Å². The number of hydrogen-bond donors (Lipinski definition) is 2. The summed E-state index contributed by atoms with van der Waals surface area (Å²) in [7, 11) is 0. The Labute approximate surface area is 156 Å². The average Bonchev–Trinajstić information content (AvgIpc) is 3.11. The summed E-state index contributed by atoms with van der Waals surface area (Å²) in [5, 5.41) is 3.51. The Kier molecular flexibility index (Phi) is 6.52. The van der Waals surface area contributed by atoms with Gasteiger partial charge in [0.05, 0.1) is 17.9 Å². The van der Waals surface area contributed by atoms with E-state index in [-0.39, 0.29) is 18.3 Å². The van der Waals surface area contributed by atoms with Gasteiger partial charge in [0.15, 0.2) is 0 Å². The van der Waals surface area contributed by atoms with E-state index in [1.165, 1.54) is 18.6 Å². The van der Waals surface area contributed by atoms with Crippen molar-refractivity contribution in [3.05, 3.63) is 42.1 Å². The summed E-state index contributed by atoms with van der Waals surface area (Å²) in [6.45, 7) is 0. The van der Waals surface area contributed by atoms with Crippen molar-refractivity contribution in [3.8, 4) is 11.3 Å². The minimum Gasteiger partial charge on any atom is -0.341 e. The number of aromatic nitrogens is 2. The zero-order chi connectivity index (χ0) is 19.3. The normalized spacial score (nSPS) is 17.2. The number of benzene rings is 1. The number of halogens is 4. The van der Waals surface area contributed by atoms with Gasteiger partial charge in [0.2, 0.25) is 0 Å². The second-order valence-corrected chi connectivity index (χ2v) is 7.25. The van der Waals surface area contributed by atoms with E-state index >= 15 is 0 Å². The lowest BCUT2D eigenvalue weighted by Crippen LogP contribution is -2.35. The number of aromatic amines is 1. The molecule has 1 aromatic heterocycles. The van der Waals surface area contributed by atoms with Gasteiger partial charge in [0.1, 0.15) is 11.6 Å². The van der Waals surface area contributed by atoms with Crippen LogP contribution in [0.5, 0.6) is 0 Å². The third-order valence-corrected chi connectivity index (χ3v) is 5.08. The largest absolute Gasteiger partial charge is 0.389 e. The van der Waals surface area contributed by atoms with Crippen molar-refractivity contribution in [1.29, 1.82) is 0 Å². The highest BCUT2D eigenvalue weighted by Crippen LogP contribution is 2.28. The summed E-state index contributed by atoms with van der Waals surface area (Å²) >= 11 is 0. The Bertz CT molecular complexity index is 703. The molecule has 0 radical (unpaired) electrons. The minimum atomic E-state index is -4.14. The van der Waals surface area contributed by atoms with Crippen molar-refractivity contribution in [2.75, 3.05) is 0 Å². The van der Waals surface area contributed by atoms with Gasteiger partial charge in [-0.05, 0) is 55.5 Å². The van der Waals surface area contributed by atoms with Crippen LogP contribution in [0.4, 0.5) is 17.6 Å². The Balaban J connectivity index is 1.71. The molecule has 3 nitrogen and oxygen atoms in total. The Morgan fingerprint density at radius 3 is 2.48 bits per heavy atom. The number of alkyl halides is 3. The molecule has 0 aliphatic heterocycles. The van der Waals surface area contributed by atoms with Gasteiger partial charge in [-0.2, -0.15) is 13.2 Å². The maximum absolute atomic E-state index is 13.1. The fourth-order valence-electron chi connectivity index (χ4n) is 3.65. The van der Waals surface area contributed by atoms with E-state index in [1.807, 2.05) is 0 Å². The van der Waals surface area contributed by atoms with Crippen LogP contribution in [0.1, 0.15) is 63.2 Å². The van der Waals surface area contributed by atoms with Crippen LogP contribution < -0.4 is 5.32 Å². The summed E-state index contributed by atoms with van der Waals surface area (Å²) in [4.78, 5) is 7.61. The third kappa shape index (κ3) is 6.06. The highest BCUT2D eigenvalue weighted by molar-refractivity contribution is 5.58. The molecule has 0 saturated heterocycles. The minimum absolute atomic E-state index is 0.0560. The maximum atomic E-state index is 13.1. The highest BCUT2D eigenvalue weighted by Gasteiger charge is 2.28. The first-order valence-corrected chi connectivity index (χ1v) is 9.54. The first-order valence-electron chi connectivity index (χ1n) is 9.54. The molecule has 1 saturated carbocycles. The van der Waals surface area contributed by atoms with E-state index in [9.17, 15) is 17.6 Å². The summed E-state index contributed by atoms with van der Waals surface area (Å²) in [5.41, 5.74) is 1.53. The van der Waals surface area contributed by atoms with Crippen molar-refractivity contribution >= 4 is 0 Å². The van der Waals surface area contributed by atoms with E-state index < -0.39 is 12.6 Å². The molecule has 27 heavy (non-hydrogen) atoms. The smallest absolute Gasteiger partial charge is 0.341 e. The van der Waals surface area contributed by atoms with Crippen LogP contribution >= 0.6 is 0 Å². The van der Waals surface area contributed by atoms with E-state index in [2.05, 4.69) is 15.3 Å². The lowest BCUT2D eigenvalue weighted by atomic mass is 9.94. The highest BCUT2D eigenvalue weighted by atomic mass is 19.4. The second-order valence-electron chi connectivity index (χ2n) is 7.25. The molecule has 1 atom stereocenters. The van der Waals surface area contributed by atoms with Crippen LogP contribution in [0.3, 0.4) is 0 Å². The lowest BCUT2D eigenvalue weighted by Gasteiger charge is -2.27. The average molecular weight is 383 g/mol. The molecule has 0 spiro atoms.